The molecule has 0 amide bonds. The molecule has 4 heteroatoms. The number of aliphatic hydroxyl groups is 1. The molecule has 0 heterocycles. The zero-order valence-corrected chi connectivity index (χ0v) is 18.0. The number of carbonyl (C=O) groups is 1. The van der Waals surface area contributed by atoms with E-state index < -0.39 is 5.79 Å². The van der Waals surface area contributed by atoms with Crippen LogP contribution in [0, 0.1) is 34.5 Å². The van der Waals surface area contributed by atoms with Crippen molar-refractivity contribution in [2.24, 2.45) is 34.5 Å². The Hall–Kier alpha value is -0.190. The number of methoxy groups -OCH3 is 1. The first-order valence-corrected chi connectivity index (χ1v) is 11.5. The molecule has 4 rings (SSSR count). The smallest absolute Gasteiger partial charge is 0.168 e. The second-order valence-corrected chi connectivity index (χ2v) is 10.4. The lowest BCUT2D eigenvalue weighted by Gasteiger charge is -2.58. The molecule has 1 unspecified atom stereocenters. The summed E-state index contributed by atoms with van der Waals surface area (Å²) in [5.74, 6) is 1.75. The molecule has 3 saturated carbocycles. The van der Waals surface area contributed by atoms with E-state index in [0.29, 0.717) is 35.3 Å². The van der Waals surface area contributed by atoms with Crippen LogP contribution in [0.2, 0.25) is 0 Å². The summed E-state index contributed by atoms with van der Waals surface area (Å²) >= 11 is 3.41. The minimum absolute atomic E-state index is 0.190. The number of ketones is 1. The average Bonchev–Trinajstić information content (AvgIpc) is 2.99. The number of alkyl halides is 1. The first-order valence-electron chi connectivity index (χ1n) is 10.3. The SMILES string of the molecule is COC1(O)CC[C@@]2(C)C(=CC[C@H]3[C@@H]4CC[C@H](C(=O)CBr)[C@@]4(C)CC[C@@H]32)C1. The summed E-state index contributed by atoms with van der Waals surface area (Å²) in [4.78, 5) is 12.5. The van der Waals surface area contributed by atoms with Gasteiger partial charge >= 0.3 is 0 Å². The summed E-state index contributed by atoms with van der Waals surface area (Å²) < 4.78 is 5.42. The normalized spacial score (nSPS) is 50.4. The molecule has 4 aliphatic carbocycles. The number of carbonyl (C=O) groups excluding carboxylic acids is 1. The van der Waals surface area contributed by atoms with Gasteiger partial charge in [0.25, 0.3) is 0 Å². The molecule has 0 spiro atoms. The summed E-state index contributed by atoms with van der Waals surface area (Å²) in [5, 5.41) is 11.1. The van der Waals surface area contributed by atoms with Gasteiger partial charge in [0.15, 0.2) is 5.79 Å². The van der Waals surface area contributed by atoms with E-state index in [1.54, 1.807) is 7.11 Å². The van der Waals surface area contributed by atoms with Gasteiger partial charge in [-0.2, -0.15) is 0 Å². The highest BCUT2D eigenvalue weighted by molar-refractivity contribution is 9.09. The summed E-state index contributed by atoms with van der Waals surface area (Å²) in [6, 6.07) is 0. The Morgan fingerprint density at radius 1 is 1.23 bits per heavy atom. The van der Waals surface area contributed by atoms with Crippen molar-refractivity contribution in [1.29, 1.82) is 0 Å². The van der Waals surface area contributed by atoms with Crippen LogP contribution in [0.5, 0.6) is 0 Å². The predicted molar refractivity (Wildman–Crippen MR) is 106 cm³/mol. The lowest BCUT2D eigenvalue weighted by molar-refractivity contribution is -0.209. The summed E-state index contributed by atoms with van der Waals surface area (Å²) in [6.07, 6.45) is 10.6. The van der Waals surface area contributed by atoms with Crippen LogP contribution in [-0.4, -0.2) is 29.1 Å². The van der Waals surface area contributed by atoms with Crippen molar-refractivity contribution in [3.63, 3.8) is 0 Å². The first-order chi connectivity index (χ1) is 12.3. The van der Waals surface area contributed by atoms with Crippen molar-refractivity contribution in [2.75, 3.05) is 12.4 Å². The van der Waals surface area contributed by atoms with Gasteiger partial charge in [-0.25, -0.2) is 0 Å². The van der Waals surface area contributed by atoms with E-state index >= 15 is 0 Å². The minimum Gasteiger partial charge on any atom is -0.365 e. The van der Waals surface area contributed by atoms with Gasteiger partial charge in [0.1, 0.15) is 5.78 Å². The topological polar surface area (TPSA) is 46.5 Å². The molecule has 0 aromatic carbocycles. The Balaban J connectivity index is 1.63. The van der Waals surface area contributed by atoms with Crippen LogP contribution < -0.4 is 0 Å². The number of Topliss-reactive ketones (excluding diaryl/α,β-unsaturated/α-hetero) is 1. The maximum absolute atomic E-state index is 12.5. The molecule has 146 valence electrons. The van der Waals surface area contributed by atoms with Crippen LogP contribution in [0.3, 0.4) is 0 Å². The van der Waals surface area contributed by atoms with Gasteiger partial charge < -0.3 is 9.84 Å². The van der Waals surface area contributed by atoms with Gasteiger partial charge in [0.2, 0.25) is 0 Å². The highest BCUT2D eigenvalue weighted by Gasteiger charge is 2.60. The van der Waals surface area contributed by atoms with Crippen molar-refractivity contribution in [3.05, 3.63) is 11.6 Å². The first kappa shape index (κ1) is 19.1. The van der Waals surface area contributed by atoms with E-state index in [1.165, 1.54) is 24.8 Å². The molecule has 7 atom stereocenters. The number of hydrogen-bond acceptors (Lipinski definition) is 3. The van der Waals surface area contributed by atoms with Crippen LogP contribution in [0.25, 0.3) is 0 Å². The van der Waals surface area contributed by atoms with Crippen LogP contribution in [0.1, 0.15) is 65.2 Å². The molecule has 0 aliphatic heterocycles. The standard InChI is InChI=1S/C22H33BrO3/c1-20-10-11-22(25,26-3)12-14(20)4-5-15-16-6-7-18(19(24)13-23)21(16,2)9-8-17(15)20/h4,15-18,25H,5-13H2,1-3H3/t15-,16-,17-,18+,20-,21-,22?/m0/s1. The molecule has 0 aromatic rings. The number of allylic oxidation sites excluding steroid dienone is 1. The molecular formula is C22H33BrO3. The summed E-state index contributed by atoms with van der Waals surface area (Å²) in [5.41, 5.74) is 1.81. The zero-order chi connectivity index (χ0) is 18.7. The molecule has 0 radical (unpaired) electrons. The Bertz CT molecular complexity index is 631. The second kappa shape index (κ2) is 6.42. The highest BCUT2D eigenvalue weighted by atomic mass is 79.9. The molecule has 0 aromatic heterocycles. The fourth-order valence-electron chi connectivity index (χ4n) is 7.41. The largest absolute Gasteiger partial charge is 0.365 e. The van der Waals surface area contributed by atoms with Crippen molar-refractivity contribution >= 4 is 21.7 Å². The van der Waals surface area contributed by atoms with Crippen LogP contribution >= 0.6 is 15.9 Å². The Labute approximate surface area is 166 Å². The number of hydrogen-bond donors (Lipinski definition) is 1. The molecule has 3 nitrogen and oxygen atoms in total. The molecule has 0 saturated heterocycles. The third-order valence-electron chi connectivity index (χ3n) is 9.03. The van der Waals surface area contributed by atoms with Gasteiger partial charge in [0, 0.05) is 25.9 Å². The number of fused-ring (bicyclic) bond motifs is 5. The Morgan fingerprint density at radius 2 is 2.00 bits per heavy atom. The molecular weight excluding hydrogens is 392 g/mol. The molecule has 1 N–H and O–H groups in total. The lowest BCUT2D eigenvalue weighted by atomic mass is 9.47. The van der Waals surface area contributed by atoms with Crippen LogP contribution in [0.15, 0.2) is 11.6 Å². The summed E-state index contributed by atoms with van der Waals surface area (Å²) in [6.45, 7) is 4.84. The molecule has 3 fully saturated rings. The van der Waals surface area contributed by atoms with Gasteiger partial charge in [-0.1, -0.05) is 41.4 Å². The van der Waals surface area contributed by atoms with Gasteiger partial charge in [0.05, 0.1) is 5.33 Å². The molecule has 26 heavy (non-hydrogen) atoms. The van der Waals surface area contributed by atoms with E-state index in [2.05, 4.69) is 35.9 Å². The monoisotopic (exact) mass is 424 g/mol. The van der Waals surface area contributed by atoms with Crippen molar-refractivity contribution < 1.29 is 14.6 Å². The Kier molecular flexibility index (Phi) is 4.73. The Morgan fingerprint density at radius 3 is 2.69 bits per heavy atom. The second-order valence-electron chi connectivity index (χ2n) is 9.86. The van der Waals surface area contributed by atoms with E-state index in [0.717, 1.165) is 25.7 Å². The number of halogens is 1. The quantitative estimate of drug-likeness (QED) is 0.399. The van der Waals surface area contributed by atoms with Crippen molar-refractivity contribution in [1.82, 2.24) is 0 Å². The van der Waals surface area contributed by atoms with Gasteiger partial charge in [-0.05, 0) is 67.1 Å². The van der Waals surface area contributed by atoms with Crippen LogP contribution in [0.4, 0.5) is 0 Å². The highest BCUT2D eigenvalue weighted by Crippen LogP contribution is 2.66. The zero-order valence-electron chi connectivity index (χ0n) is 16.4. The fourth-order valence-corrected chi connectivity index (χ4v) is 7.80. The van der Waals surface area contributed by atoms with E-state index in [1.807, 2.05) is 0 Å². The van der Waals surface area contributed by atoms with Gasteiger partial charge in [-0.3, -0.25) is 4.79 Å². The third kappa shape index (κ3) is 2.62. The molecule has 0 bridgehead atoms. The molecule has 4 aliphatic rings. The minimum atomic E-state index is -0.970. The predicted octanol–water partition coefficient (Wildman–Crippen LogP) is 4.86. The van der Waals surface area contributed by atoms with Crippen LogP contribution in [-0.2, 0) is 9.53 Å². The summed E-state index contributed by atoms with van der Waals surface area (Å²) in [7, 11) is 1.63. The lowest BCUT2D eigenvalue weighted by Crippen LogP contribution is -2.52. The van der Waals surface area contributed by atoms with E-state index in [4.69, 9.17) is 4.74 Å². The number of ether oxygens (including phenoxy) is 1. The third-order valence-corrected chi connectivity index (χ3v) is 9.58. The fraction of sp³-hybridized carbons (Fsp3) is 0.864. The van der Waals surface area contributed by atoms with Gasteiger partial charge in [-0.15, -0.1) is 0 Å². The van der Waals surface area contributed by atoms with Crippen molar-refractivity contribution in [3.8, 4) is 0 Å². The average molecular weight is 425 g/mol. The van der Waals surface area contributed by atoms with Crippen molar-refractivity contribution in [2.45, 2.75) is 71.0 Å². The van der Waals surface area contributed by atoms with E-state index in [-0.39, 0.29) is 16.7 Å². The number of rotatable bonds is 3. The maximum atomic E-state index is 12.5. The van der Waals surface area contributed by atoms with E-state index in [9.17, 15) is 9.90 Å². The maximum Gasteiger partial charge on any atom is 0.168 e.